The average Bonchev–Trinajstić information content (AvgIpc) is 3.09. The second-order valence-electron chi connectivity index (χ2n) is 6.45. The lowest BCUT2D eigenvalue weighted by atomic mass is 10.1. The van der Waals surface area contributed by atoms with Crippen LogP contribution < -0.4 is 14.4 Å². The Balaban J connectivity index is 1.55. The zero-order chi connectivity index (χ0) is 19.7. The summed E-state index contributed by atoms with van der Waals surface area (Å²) in [5.74, 6) is 0.762. The molecule has 0 radical (unpaired) electrons. The highest BCUT2D eigenvalue weighted by Crippen LogP contribution is 2.31. The number of ether oxygens (including phenoxy) is 1. The van der Waals surface area contributed by atoms with Gasteiger partial charge in [0.1, 0.15) is 5.75 Å². The molecule has 7 nitrogen and oxygen atoms in total. The highest BCUT2D eigenvalue weighted by atomic mass is 32.2. The minimum atomic E-state index is -3.77. The summed E-state index contributed by atoms with van der Waals surface area (Å²) in [5.41, 5.74) is 1.41. The van der Waals surface area contributed by atoms with Crippen molar-refractivity contribution in [1.29, 1.82) is 0 Å². The number of amides is 1. The summed E-state index contributed by atoms with van der Waals surface area (Å²) in [5, 5.41) is 0.290. The molecule has 2 heterocycles. The number of hydrogen-bond acceptors (Lipinski definition) is 6. The third-order valence-corrected chi connectivity index (χ3v) is 7.02. The van der Waals surface area contributed by atoms with Crippen molar-refractivity contribution in [3.05, 3.63) is 42.5 Å². The van der Waals surface area contributed by atoms with Crippen LogP contribution >= 0.6 is 11.3 Å². The Morgan fingerprint density at radius 1 is 1.14 bits per heavy atom. The molecule has 1 aliphatic rings. The molecule has 0 bridgehead atoms. The Morgan fingerprint density at radius 3 is 2.64 bits per heavy atom. The molecule has 4 rings (SSSR count). The first kappa shape index (κ1) is 18.7. The predicted octanol–water partition coefficient (Wildman–Crippen LogP) is 3.62. The third-order valence-electron chi connectivity index (χ3n) is 4.60. The van der Waals surface area contributed by atoms with Gasteiger partial charge in [0, 0.05) is 18.7 Å². The number of piperidine rings is 1. The van der Waals surface area contributed by atoms with E-state index in [1.54, 1.807) is 36.3 Å². The van der Waals surface area contributed by atoms with Crippen LogP contribution in [0.3, 0.4) is 0 Å². The van der Waals surface area contributed by atoms with Crippen LogP contribution in [-0.2, 0) is 14.8 Å². The van der Waals surface area contributed by atoms with Crippen molar-refractivity contribution in [3.63, 3.8) is 0 Å². The first-order valence-corrected chi connectivity index (χ1v) is 11.1. The number of sulfonamides is 1. The standard InChI is InChI=1S/C19H19N3O4S2/c1-26-14-7-10-16-17(12-14)27-19(20-16)21-28(24,25)15-8-5-13(6-9-15)22-11-3-2-4-18(22)23/h5-10,12H,2-4,11H2,1H3,(H,20,21). The maximum absolute atomic E-state index is 12.7. The van der Waals surface area contributed by atoms with Crippen molar-refractivity contribution in [2.75, 3.05) is 23.3 Å². The first-order chi connectivity index (χ1) is 13.5. The molecule has 3 aromatic rings. The number of thiazole rings is 1. The summed E-state index contributed by atoms with van der Waals surface area (Å²) in [7, 11) is -2.20. The number of aromatic nitrogens is 1. The van der Waals surface area contributed by atoms with E-state index in [1.807, 2.05) is 6.07 Å². The van der Waals surface area contributed by atoms with Crippen LogP contribution in [0.5, 0.6) is 5.75 Å². The van der Waals surface area contributed by atoms with E-state index in [2.05, 4.69) is 9.71 Å². The van der Waals surface area contributed by atoms with Crippen LogP contribution in [0.1, 0.15) is 19.3 Å². The normalized spacial score (nSPS) is 15.0. The van der Waals surface area contributed by atoms with Crippen LogP contribution in [0.15, 0.2) is 47.4 Å². The fourth-order valence-electron chi connectivity index (χ4n) is 3.13. The molecule has 1 fully saturated rings. The first-order valence-electron chi connectivity index (χ1n) is 8.84. The second-order valence-corrected chi connectivity index (χ2v) is 9.17. The minimum Gasteiger partial charge on any atom is -0.497 e. The largest absolute Gasteiger partial charge is 0.497 e. The molecule has 0 saturated carbocycles. The van der Waals surface area contributed by atoms with E-state index < -0.39 is 10.0 Å². The fourth-order valence-corrected chi connectivity index (χ4v) is 5.26. The van der Waals surface area contributed by atoms with Gasteiger partial charge in [-0.3, -0.25) is 9.52 Å². The quantitative estimate of drug-likeness (QED) is 0.685. The molecule has 1 N–H and O–H groups in total. The van der Waals surface area contributed by atoms with Gasteiger partial charge in [0.2, 0.25) is 5.91 Å². The van der Waals surface area contributed by atoms with Gasteiger partial charge in [-0.05, 0) is 55.3 Å². The lowest BCUT2D eigenvalue weighted by Crippen LogP contribution is -2.35. The van der Waals surface area contributed by atoms with Crippen LogP contribution in [0, 0.1) is 0 Å². The van der Waals surface area contributed by atoms with Gasteiger partial charge >= 0.3 is 0 Å². The Hall–Kier alpha value is -2.65. The van der Waals surface area contributed by atoms with E-state index in [0.29, 0.717) is 29.4 Å². The highest BCUT2D eigenvalue weighted by Gasteiger charge is 2.21. The predicted molar refractivity (Wildman–Crippen MR) is 110 cm³/mol. The van der Waals surface area contributed by atoms with Gasteiger partial charge in [-0.15, -0.1) is 0 Å². The van der Waals surface area contributed by atoms with Crippen LogP contribution in [0.25, 0.3) is 10.2 Å². The number of fused-ring (bicyclic) bond motifs is 1. The molecular formula is C19H19N3O4S2. The molecule has 1 aliphatic heterocycles. The Bertz CT molecular complexity index is 1120. The SMILES string of the molecule is COc1ccc2nc(NS(=O)(=O)c3ccc(N4CCCCC4=O)cc3)sc2c1. The number of rotatable bonds is 5. The number of carbonyl (C=O) groups excluding carboxylic acids is 1. The van der Waals surface area contributed by atoms with Crippen molar-refractivity contribution in [3.8, 4) is 5.75 Å². The van der Waals surface area contributed by atoms with Gasteiger partial charge in [0.15, 0.2) is 5.13 Å². The number of nitrogens with zero attached hydrogens (tertiary/aromatic N) is 2. The van der Waals surface area contributed by atoms with E-state index in [0.717, 1.165) is 23.2 Å². The van der Waals surface area contributed by atoms with Gasteiger partial charge in [0.25, 0.3) is 10.0 Å². The summed E-state index contributed by atoms with van der Waals surface area (Å²) >= 11 is 1.24. The van der Waals surface area contributed by atoms with Crippen molar-refractivity contribution >= 4 is 48.3 Å². The summed E-state index contributed by atoms with van der Waals surface area (Å²) in [6, 6.07) is 11.7. The maximum Gasteiger partial charge on any atom is 0.263 e. The van der Waals surface area contributed by atoms with E-state index in [9.17, 15) is 13.2 Å². The van der Waals surface area contributed by atoms with E-state index in [4.69, 9.17) is 4.74 Å². The Kier molecular flexibility index (Phi) is 4.94. The summed E-state index contributed by atoms with van der Waals surface area (Å²) < 4.78 is 33.9. The van der Waals surface area contributed by atoms with Crippen molar-refractivity contribution in [2.45, 2.75) is 24.2 Å². The third kappa shape index (κ3) is 3.67. The van der Waals surface area contributed by atoms with Crippen LogP contribution in [0.2, 0.25) is 0 Å². The maximum atomic E-state index is 12.7. The van der Waals surface area contributed by atoms with Gasteiger partial charge < -0.3 is 9.64 Å². The lowest BCUT2D eigenvalue weighted by Gasteiger charge is -2.26. The lowest BCUT2D eigenvalue weighted by molar-refractivity contribution is -0.119. The van der Waals surface area contributed by atoms with E-state index in [-0.39, 0.29) is 10.8 Å². The zero-order valence-electron chi connectivity index (χ0n) is 15.2. The fraction of sp³-hybridized carbons (Fsp3) is 0.263. The van der Waals surface area contributed by atoms with Gasteiger partial charge in [0.05, 0.1) is 22.2 Å². The molecule has 0 atom stereocenters. The van der Waals surface area contributed by atoms with Gasteiger partial charge in [-0.25, -0.2) is 13.4 Å². The number of benzene rings is 2. The molecule has 2 aromatic carbocycles. The molecule has 0 unspecified atom stereocenters. The zero-order valence-corrected chi connectivity index (χ0v) is 16.8. The molecule has 1 saturated heterocycles. The monoisotopic (exact) mass is 417 g/mol. The topological polar surface area (TPSA) is 88.6 Å². The minimum absolute atomic E-state index is 0.0740. The van der Waals surface area contributed by atoms with Crippen molar-refractivity contribution in [2.24, 2.45) is 0 Å². The van der Waals surface area contributed by atoms with Gasteiger partial charge in [-0.1, -0.05) is 11.3 Å². The molecule has 9 heteroatoms. The highest BCUT2D eigenvalue weighted by molar-refractivity contribution is 7.93. The Morgan fingerprint density at radius 2 is 1.93 bits per heavy atom. The van der Waals surface area contributed by atoms with Crippen LogP contribution in [-0.4, -0.2) is 33.0 Å². The van der Waals surface area contributed by atoms with E-state index in [1.165, 1.54) is 23.5 Å². The van der Waals surface area contributed by atoms with Crippen molar-refractivity contribution in [1.82, 2.24) is 4.98 Å². The number of carbonyl (C=O) groups is 1. The van der Waals surface area contributed by atoms with E-state index >= 15 is 0 Å². The molecule has 1 amide bonds. The number of methoxy groups -OCH3 is 1. The molecule has 146 valence electrons. The van der Waals surface area contributed by atoms with Crippen LogP contribution in [0.4, 0.5) is 10.8 Å². The molecule has 28 heavy (non-hydrogen) atoms. The second kappa shape index (κ2) is 7.40. The summed E-state index contributed by atoms with van der Waals surface area (Å²) in [6.45, 7) is 0.665. The molecular weight excluding hydrogens is 398 g/mol. The van der Waals surface area contributed by atoms with Gasteiger partial charge in [-0.2, -0.15) is 0 Å². The molecule has 0 aliphatic carbocycles. The molecule has 0 spiro atoms. The van der Waals surface area contributed by atoms with Crippen molar-refractivity contribution < 1.29 is 17.9 Å². The average molecular weight is 418 g/mol. The number of nitrogens with one attached hydrogen (secondary N) is 1. The summed E-state index contributed by atoms with van der Waals surface area (Å²) in [4.78, 5) is 18.2. The summed E-state index contributed by atoms with van der Waals surface area (Å²) in [6.07, 6.45) is 2.39. The Labute approximate surface area is 167 Å². The number of anilines is 2. The number of hydrogen-bond donors (Lipinski definition) is 1. The molecule has 1 aromatic heterocycles. The smallest absolute Gasteiger partial charge is 0.263 e.